The summed E-state index contributed by atoms with van der Waals surface area (Å²) < 4.78 is 5.38. The van der Waals surface area contributed by atoms with Gasteiger partial charge in [0.25, 0.3) is 5.69 Å². The SMILES string of the molecule is Nc1nc(N2CCOCC2)c2nc(-c3cccc([N+](=O)[O-])c3)cnc2n1. The van der Waals surface area contributed by atoms with Gasteiger partial charge < -0.3 is 15.4 Å². The lowest BCUT2D eigenvalue weighted by atomic mass is 10.1. The molecule has 26 heavy (non-hydrogen) atoms. The van der Waals surface area contributed by atoms with Crippen LogP contribution in [0.1, 0.15) is 0 Å². The molecule has 0 radical (unpaired) electrons. The van der Waals surface area contributed by atoms with Crippen LogP contribution in [0.4, 0.5) is 17.5 Å². The van der Waals surface area contributed by atoms with E-state index in [-0.39, 0.29) is 11.6 Å². The maximum absolute atomic E-state index is 11.0. The van der Waals surface area contributed by atoms with Crippen molar-refractivity contribution >= 4 is 28.6 Å². The molecule has 1 aliphatic heterocycles. The van der Waals surface area contributed by atoms with E-state index >= 15 is 0 Å². The Labute approximate surface area is 147 Å². The van der Waals surface area contributed by atoms with Crippen molar-refractivity contribution in [1.29, 1.82) is 0 Å². The molecule has 0 spiro atoms. The Morgan fingerprint density at radius 2 is 2.00 bits per heavy atom. The van der Waals surface area contributed by atoms with Crippen molar-refractivity contribution < 1.29 is 9.66 Å². The van der Waals surface area contributed by atoms with Gasteiger partial charge in [-0.1, -0.05) is 12.1 Å². The Morgan fingerprint density at radius 3 is 2.77 bits per heavy atom. The molecule has 1 aliphatic rings. The zero-order chi connectivity index (χ0) is 18.1. The number of fused-ring (bicyclic) bond motifs is 1. The highest BCUT2D eigenvalue weighted by molar-refractivity contribution is 5.85. The monoisotopic (exact) mass is 353 g/mol. The van der Waals surface area contributed by atoms with Crippen LogP contribution >= 0.6 is 0 Å². The summed E-state index contributed by atoms with van der Waals surface area (Å²) in [6.45, 7) is 2.50. The molecular formula is C16H15N7O3. The summed E-state index contributed by atoms with van der Waals surface area (Å²) in [6, 6.07) is 6.25. The minimum atomic E-state index is -0.444. The second kappa shape index (κ2) is 6.48. The van der Waals surface area contributed by atoms with Crippen molar-refractivity contribution in [3.8, 4) is 11.3 Å². The number of nitro benzene ring substituents is 1. The van der Waals surface area contributed by atoms with E-state index in [9.17, 15) is 10.1 Å². The van der Waals surface area contributed by atoms with Crippen molar-refractivity contribution in [2.24, 2.45) is 0 Å². The normalized spacial score (nSPS) is 14.5. The van der Waals surface area contributed by atoms with Gasteiger partial charge in [-0.15, -0.1) is 0 Å². The van der Waals surface area contributed by atoms with Crippen molar-refractivity contribution in [1.82, 2.24) is 19.9 Å². The lowest BCUT2D eigenvalue weighted by Gasteiger charge is -2.28. The molecule has 10 nitrogen and oxygen atoms in total. The number of anilines is 2. The predicted octanol–water partition coefficient (Wildman–Crippen LogP) is 1.41. The van der Waals surface area contributed by atoms with Crippen molar-refractivity contribution in [2.45, 2.75) is 0 Å². The largest absolute Gasteiger partial charge is 0.378 e. The molecule has 132 valence electrons. The van der Waals surface area contributed by atoms with Gasteiger partial charge in [0.05, 0.1) is 30.0 Å². The molecule has 1 fully saturated rings. The minimum absolute atomic E-state index is 0.00800. The first kappa shape index (κ1) is 16.1. The van der Waals surface area contributed by atoms with E-state index in [1.807, 2.05) is 4.90 Å². The third-order valence-corrected chi connectivity index (χ3v) is 4.07. The number of nitrogens with zero attached hydrogens (tertiary/aromatic N) is 6. The summed E-state index contributed by atoms with van der Waals surface area (Å²) in [5, 5.41) is 11.0. The number of nitro groups is 1. The van der Waals surface area contributed by atoms with Gasteiger partial charge in [-0.2, -0.15) is 9.97 Å². The lowest BCUT2D eigenvalue weighted by Crippen LogP contribution is -2.37. The minimum Gasteiger partial charge on any atom is -0.378 e. The molecule has 3 heterocycles. The molecule has 1 saturated heterocycles. The third-order valence-electron chi connectivity index (χ3n) is 4.07. The van der Waals surface area contributed by atoms with E-state index in [1.54, 1.807) is 12.1 Å². The van der Waals surface area contributed by atoms with E-state index in [0.717, 1.165) is 0 Å². The van der Waals surface area contributed by atoms with Crippen LogP contribution in [0.15, 0.2) is 30.5 Å². The molecule has 4 rings (SSSR count). The van der Waals surface area contributed by atoms with Gasteiger partial charge in [0.2, 0.25) is 5.95 Å². The highest BCUT2D eigenvalue weighted by Crippen LogP contribution is 2.27. The first-order valence-electron chi connectivity index (χ1n) is 7.99. The van der Waals surface area contributed by atoms with E-state index in [2.05, 4.69) is 19.9 Å². The summed E-state index contributed by atoms with van der Waals surface area (Å²) in [7, 11) is 0. The van der Waals surface area contributed by atoms with Crippen LogP contribution in [0.3, 0.4) is 0 Å². The van der Waals surface area contributed by atoms with Crippen LogP contribution in [-0.2, 0) is 4.74 Å². The number of hydrogen-bond acceptors (Lipinski definition) is 9. The number of hydrogen-bond donors (Lipinski definition) is 1. The van der Waals surface area contributed by atoms with Gasteiger partial charge in [0.15, 0.2) is 17.0 Å². The highest BCUT2D eigenvalue weighted by Gasteiger charge is 2.19. The lowest BCUT2D eigenvalue weighted by molar-refractivity contribution is -0.384. The average Bonchev–Trinajstić information content (AvgIpc) is 2.67. The topological polar surface area (TPSA) is 133 Å². The Morgan fingerprint density at radius 1 is 1.19 bits per heavy atom. The second-order valence-corrected chi connectivity index (χ2v) is 5.74. The Balaban J connectivity index is 1.84. The average molecular weight is 353 g/mol. The standard InChI is InChI=1S/C16H15N7O3/c17-16-20-14-13(15(21-16)22-4-6-26-7-5-22)19-12(9-18-14)10-2-1-3-11(8-10)23(24)25/h1-3,8-9H,4-7H2,(H2,17,18,20,21). The first-order chi connectivity index (χ1) is 12.6. The quantitative estimate of drug-likeness (QED) is 0.548. The number of nitrogen functional groups attached to an aromatic ring is 1. The molecule has 0 saturated carbocycles. The fourth-order valence-electron chi connectivity index (χ4n) is 2.82. The number of benzene rings is 1. The summed E-state index contributed by atoms with van der Waals surface area (Å²) in [6.07, 6.45) is 1.52. The van der Waals surface area contributed by atoms with E-state index in [0.29, 0.717) is 54.5 Å². The van der Waals surface area contributed by atoms with Crippen LogP contribution in [0, 0.1) is 10.1 Å². The molecule has 0 amide bonds. The summed E-state index contributed by atoms with van der Waals surface area (Å²) in [5.41, 5.74) is 7.79. The molecule has 0 unspecified atom stereocenters. The molecule has 10 heteroatoms. The smallest absolute Gasteiger partial charge is 0.270 e. The van der Waals surface area contributed by atoms with Crippen LogP contribution in [0.5, 0.6) is 0 Å². The van der Waals surface area contributed by atoms with Gasteiger partial charge in [0.1, 0.15) is 0 Å². The van der Waals surface area contributed by atoms with E-state index in [4.69, 9.17) is 10.5 Å². The number of rotatable bonds is 3. The molecule has 3 aromatic rings. The van der Waals surface area contributed by atoms with Gasteiger partial charge in [-0.3, -0.25) is 10.1 Å². The number of non-ortho nitro benzene ring substituents is 1. The van der Waals surface area contributed by atoms with Crippen molar-refractivity contribution in [2.75, 3.05) is 36.9 Å². The fraction of sp³-hybridized carbons (Fsp3) is 0.250. The molecule has 0 atom stereocenters. The maximum atomic E-state index is 11.0. The van der Waals surface area contributed by atoms with Crippen LogP contribution < -0.4 is 10.6 Å². The number of aromatic nitrogens is 4. The first-order valence-corrected chi connectivity index (χ1v) is 7.99. The molecule has 2 aromatic heterocycles. The third kappa shape index (κ3) is 2.97. The second-order valence-electron chi connectivity index (χ2n) is 5.74. The predicted molar refractivity (Wildman–Crippen MR) is 94.7 cm³/mol. The van der Waals surface area contributed by atoms with E-state index in [1.165, 1.54) is 18.3 Å². The zero-order valence-electron chi connectivity index (χ0n) is 13.7. The molecule has 0 aliphatic carbocycles. The zero-order valence-corrected chi connectivity index (χ0v) is 13.7. The van der Waals surface area contributed by atoms with Crippen LogP contribution in [0.2, 0.25) is 0 Å². The Hall–Kier alpha value is -3.40. The molecular weight excluding hydrogens is 338 g/mol. The van der Waals surface area contributed by atoms with E-state index < -0.39 is 4.92 Å². The number of nitrogens with two attached hydrogens (primary N) is 1. The van der Waals surface area contributed by atoms with Crippen LogP contribution in [-0.4, -0.2) is 51.2 Å². The number of ether oxygens (including phenoxy) is 1. The van der Waals surface area contributed by atoms with Gasteiger partial charge >= 0.3 is 0 Å². The Kier molecular flexibility index (Phi) is 4.01. The fourth-order valence-corrected chi connectivity index (χ4v) is 2.82. The highest BCUT2D eigenvalue weighted by atomic mass is 16.6. The molecule has 1 aromatic carbocycles. The molecule has 0 bridgehead atoms. The van der Waals surface area contributed by atoms with Gasteiger partial charge in [0, 0.05) is 30.8 Å². The Bertz CT molecular complexity index is 989. The molecule has 2 N–H and O–H groups in total. The van der Waals surface area contributed by atoms with Crippen LogP contribution in [0.25, 0.3) is 22.4 Å². The number of morpholine rings is 1. The summed E-state index contributed by atoms with van der Waals surface area (Å²) >= 11 is 0. The van der Waals surface area contributed by atoms with Crippen molar-refractivity contribution in [3.63, 3.8) is 0 Å². The summed E-state index contributed by atoms with van der Waals surface area (Å²) in [5.74, 6) is 0.715. The summed E-state index contributed by atoms with van der Waals surface area (Å²) in [4.78, 5) is 30.0. The van der Waals surface area contributed by atoms with Gasteiger partial charge in [-0.05, 0) is 0 Å². The van der Waals surface area contributed by atoms with Crippen molar-refractivity contribution in [3.05, 3.63) is 40.6 Å². The maximum Gasteiger partial charge on any atom is 0.270 e. The van der Waals surface area contributed by atoms with Gasteiger partial charge in [-0.25, -0.2) is 9.97 Å².